The molecule has 1 unspecified atom stereocenters. The summed E-state index contributed by atoms with van der Waals surface area (Å²) in [4.78, 5) is 2.81. The van der Waals surface area contributed by atoms with E-state index in [0.29, 0.717) is 0 Å². The Morgan fingerprint density at radius 2 is 1.70 bits per heavy atom. The molecule has 2 nitrogen and oxygen atoms in total. The Labute approximate surface area is 125 Å². The lowest BCUT2D eigenvalue weighted by molar-refractivity contribution is 0.414. The number of thiophene rings is 1. The maximum absolute atomic E-state index is 6.48. The standard InChI is InChI=1S/C17H23NOS/c1-4-15-9-10-16(20-15)12-17(2,18)11-13-5-7-14(19-3)8-6-13/h5-10H,4,11-12,18H2,1-3H3. The van der Waals surface area contributed by atoms with Crippen molar-refractivity contribution in [2.75, 3.05) is 7.11 Å². The molecule has 1 aromatic heterocycles. The number of rotatable bonds is 6. The van der Waals surface area contributed by atoms with Crippen molar-refractivity contribution in [3.8, 4) is 5.75 Å². The maximum Gasteiger partial charge on any atom is 0.118 e. The Morgan fingerprint density at radius 3 is 2.25 bits per heavy atom. The summed E-state index contributed by atoms with van der Waals surface area (Å²) in [7, 11) is 1.68. The average Bonchev–Trinajstić information content (AvgIpc) is 2.86. The number of benzene rings is 1. The minimum atomic E-state index is -0.218. The van der Waals surface area contributed by atoms with E-state index in [2.05, 4.69) is 38.1 Å². The highest BCUT2D eigenvalue weighted by Crippen LogP contribution is 2.24. The molecule has 1 atom stereocenters. The van der Waals surface area contributed by atoms with Gasteiger partial charge in [-0.1, -0.05) is 19.1 Å². The third-order valence-electron chi connectivity index (χ3n) is 3.41. The highest BCUT2D eigenvalue weighted by atomic mass is 32.1. The summed E-state index contributed by atoms with van der Waals surface area (Å²) in [5.41, 5.74) is 7.51. The van der Waals surface area contributed by atoms with E-state index in [9.17, 15) is 0 Å². The fourth-order valence-electron chi connectivity index (χ4n) is 2.38. The van der Waals surface area contributed by atoms with Gasteiger partial charge in [-0.15, -0.1) is 11.3 Å². The zero-order valence-electron chi connectivity index (χ0n) is 12.5. The van der Waals surface area contributed by atoms with Gasteiger partial charge in [-0.3, -0.25) is 0 Å². The van der Waals surface area contributed by atoms with E-state index in [1.165, 1.54) is 15.3 Å². The van der Waals surface area contributed by atoms with E-state index in [4.69, 9.17) is 10.5 Å². The van der Waals surface area contributed by atoms with Crippen LogP contribution in [0.4, 0.5) is 0 Å². The van der Waals surface area contributed by atoms with Crippen LogP contribution in [0.5, 0.6) is 5.75 Å². The Bertz CT molecular complexity index is 542. The van der Waals surface area contributed by atoms with Crippen LogP contribution < -0.4 is 10.5 Å². The van der Waals surface area contributed by atoms with Crippen LogP contribution in [0, 0.1) is 0 Å². The lowest BCUT2D eigenvalue weighted by Crippen LogP contribution is -2.40. The summed E-state index contributed by atoms with van der Waals surface area (Å²) >= 11 is 1.88. The molecule has 0 bridgehead atoms. The van der Waals surface area contributed by atoms with Gasteiger partial charge in [0.15, 0.2) is 0 Å². The zero-order chi connectivity index (χ0) is 14.6. The molecule has 108 valence electrons. The molecule has 0 aliphatic carbocycles. The monoisotopic (exact) mass is 289 g/mol. The molecule has 3 heteroatoms. The normalized spacial score (nSPS) is 14.0. The van der Waals surface area contributed by atoms with Crippen LogP contribution in [0.2, 0.25) is 0 Å². The Hall–Kier alpha value is -1.32. The third-order valence-corrected chi connectivity index (χ3v) is 4.64. The van der Waals surface area contributed by atoms with Gasteiger partial charge >= 0.3 is 0 Å². The smallest absolute Gasteiger partial charge is 0.118 e. The first-order valence-corrected chi connectivity index (χ1v) is 7.83. The van der Waals surface area contributed by atoms with E-state index >= 15 is 0 Å². The van der Waals surface area contributed by atoms with Crippen LogP contribution in [-0.4, -0.2) is 12.6 Å². The van der Waals surface area contributed by atoms with Gasteiger partial charge in [0.1, 0.15) is 5.75 Å². The molecular formula is C17H23NOS. The van der Waals surface area contributed by atoms with Crippen LogP contribution in [0.3, 0.4) is 0 Å². The van der Waals surface area contributed by atoms with E-state index in [1.54, 1.807) is 7.11 Å². The van der Waals surface area contributed by atoms with Crippen LogP contribution >= 0.6 is 11.3 Å². The van der Waals surface area contributed by atoms with Crippen molar-refractivity contribution in [3.05, 3.63) is 51.7 Å². The first kappa shape index (κ1) is 15.1. The first-order chi connectivity index (χ1) is 9.52. The Balaban J connectivity index is 2.01. The lowest BCUT2D eigenvalue weighted by atomic mass is 9.90. The van der Waals surface area contributed by atoms with Crippen LogP contribution in [0.15, 0.2) is 36.4 Å². The minimum Gasteiger partial charge on any atom is -0.497 e. The SMILES string of the molecule is CCc1ccc(CC(C)(N)Cc2ccc(OC)cc2)s1. The van der Waals surface area contributed by atoms with Crippen LogP contribution in [0.1, 0.15) is 29.2 Å². The first-order valence-electron chi connectivity index (χ1n) is 7.02. The molecule has 2 N–H and O–H groups in total. The zero-order valence-corrected chi connectivity index (χ0v) is 13.3. The number of nitrogens with two attached hydrogens (primary N) is 1. The molecule has 1 aromatic carbocycles. The number of methoxy groups -OCH3 is 1. The highest BCUT2D eigenvalue weighted by molar-refractivity contribution is 7.12. The summed E-state index contributed by atoms with van der Waals surface area (Å²) in [5, 5.41) is 0. The number of hydrogen-bond donors (Lipinski definition) is 1. The molecule has 1 heterocycles. The van der Waals surface area contributed by atoms with Gasteiger partial charge in [-0.25, -0.2) is 0 Å². The molecule has 0 saturated heterocycles. The Kier molecular flexibility index (Phi) is 4.84. The molecular weight excluding hydrogens is 266 g/mol. The highest BCUT2D eigenvalue weighted by Gasteiger charge is 2.20. The second kappa shape index (κ2) is 6.42. The van der Waals surface area contributed by atoms with E-state index in [0.717, 1.165) is 25.0 Å². The van der Waals surface area contributed by atoms with E-state index in [1.807, 2.05) is 23.5 Å². The van der Waals surface area contributed by atoms with Gasteiger partial charge in [0.2, 0.25) is 0 Å². The molecule has 0 radical (unpaired) electrons. The van der Waals surface area contributed by atoms with Gasteiger partial charge in [-0.05, 0) is 56.0 Å². The van der Waals surface area contributed by atoms with Crippen molar-refractivity contribution in [2.24, 2.45) is 5.73 Å². The molecule has 2 aromatic rings. The summed E-state index contributed by atoms with van der Waals surface area (Å²) in [6.45, 7) is 4.32. The molecule has 0 aliphatic rings. The quantitative estimate of drug-likeness (QED) is 0.877. The molecule has 0 saturated carbocycles. The van der Waals surface area contributed by atoms with Crippen molar-refractivity contribution in [3.63, 3.8) is 0 Å². The number of hydrogen-bond acceptors (Lipinski definition) is 3. The molecule has 2 rings (SSSR count). The van der Waals surface area contributed by atoms with Crippen molar-refractivity contribution in [2.45, 2.75) is 38.6 Å². The summed E-state index contributed by atoms with van der Waals surface area (Å²) < 4.78 is 5.18. The molecule has 0 spiro atoms. The molecule has 0 fully saturated rings. The van der Waals surface area contributed by atoms with Crippen molar-refractivity contribution < 1.29 is 4.74 Å². The van der Waals surface area contributed by atoms with E-state index in [-0.39, 0.29) is 5.54 Å². The topological polar surface area (TPSA) is 35.2 Å². The second-order valence-electron chi connectivity index (χ2n) is 5.58. The van der Waals surface area contributed by atoms with Gasteiger partial charge in [0.25, 0.3) is 0 Å². The van der Waals surface area contributed by atoms with Gasteiger partial charge < -0.3 is 10.5 Å². The van der Waals surface area contributed by atoms with Gasteiger partial charge in [0.05, 0.1) is 7.11 Å². The van der Waals surface area contributed by atoms with Gasteiger partial charge in [-0.2, -0.15) is 0 Å². The largest absolute Gasteiger partial charge is 0.497 e. The number of ether oxygens (including phenoxy) is 1. The summed E-state index contributed by atoms with van der Waals surface area (Å²) in [6, 6.07) is 12.6. The Morgan fingerprint density at radius 1 is 1.05 bits per heavy atom. The number of aryl methyl sites for hydroxylation is 1. The fraction of sp³-hybridized carbons (Fsp3) is 0.412. The summed E-state index contributed by atoms with van der Waals surface area (Å²) in [6.07, 6.45) is 2.89. The average molecular weight is 289 g/mol. The predicted molar refractivity (Wildman–Crippen MR) is 86.7 cm³/mol. The lowest BCUT2D eigenvalue weighted by Gasteiger charge is -2.24. The van der Waals surface area contributed by atoms with Crippen LogP contribution in [-0.2, 0) is 19.3 Å². The second-order valence-corrected chi connectivity index (χ2v) is 6.83. The minimum absolute atomic E-state index is 0.218. The molecule has 20 heavy (non-hydrogen) atoms. The third kappa shape index (κ3) is 4.09. The fourth-order valence-corrected chi connectivity index (χ4v) is 3.53. The summed E-state index contributed by atoms with van der Waals surface area (Å²) in [5.74, 6) is 0.887. The maximum atomic E-state index is 6.48. The van der Waals surface area contributed by atoms with Crippen molar-refractivity contribution >= 4 is 11.3 Å². The van der Waals surface area contributed by atoms with Gasteiger partial charge in [0, 0.05) is 15.3 Å². The molecule has 0 aliphatic heterocycles. The predicted octanol–water partition coefficient (Wildman–Crippen LogP) is 3.82. The van der Waals surface area contributed by atoms with Crippen molar-refractivity contribution in [1.29, 1.82) is 0 Å². The molecule has 0 amide bonds. The van der Waals surface area contributed by atoms with E-state index < -0.39 is 0 Å². The van der Waals surface area contributed by atoms with Crippen molar-refractivity contribution in [1.82, 2.24) is 0 Å². The van der Waals surface area contributed by atoms with Crippen LogP contribution in [0.25, 0.3) is 0 Å².